The van der Waals surface area contributed by atoms with Crippen LogP contribution >= 0.6 is 11.3 Å². The summed E-state index contributed by atoms with van der Waals surface area (Å²) in [7, 11) is 2.14. The van der Waals surface area contributed by atoms with E-state index in [0.717, 1.165) is 42.6 Å². The first kappa shape index (κ1) is 24.7. The van der Waals surface area contributed by atoms with Gasteiger partial charge in [-0.2, -0.15) is 5.26 Å². The van der Waals surface area contributed by atoms with Crippen molar-refractivity contribution in [1.29, 1.82) is 5.26 Å². The summed E-state index contributed by atoms with van der Waals surface area (Å²) in [6, 6.07) is 11.3. The van der Waals surface area contributed by atoms with E-state index < -0.39 is 0 Å². The number of carbonyl (C=O) groups excluding carboxylic acids is 1. The van der Waals surface area contributed by atoms with Crippen LogP contribution in [0, 0.1) is 17.2 Å². The first-order valence-corrected chi connectivity index (χ1v) is 12.6. The molecule has 1 aliphatic rings. The van der Waals surface area contributed by atoms with Gasteiger partial charge >= 0.3 is 0 Å². The SMILES string of the molecule is CC(C)CN(NCc1ccnc(C#N)n1)C(=O)c1ccc(-c2csc(N3CCN(C)CC3)n2)cc1. The fraction of sp³-hybridized carbons (Fsp3) is 0.400. The Morgan fingerprint density at radius 3 is 2.60 bits per heavy atom. The first-order valence-electron chi connectivity index (χ1n) is 11.7. The number of benzene rings is 1. The highest BCUT2D eigenvalue weighted by Crippen LogP contribution is 2.28. The van der Waals surface area contributed by atoms with Crippen LogP contribution in [-0.2, 0) is 6.54 Å². The third-order valence-corrected chi connectivity index (χ3v) is 6.65. The third-order valence-electron chi connectivity index (χ3n) is 5.75. The molecule has 1 amide bonds. The second-order valence-electron chi connectivity index (χ2n) is 9.01. The normalized spacial score (nSPS) is 14.2. The molecule has 182 valence electrons. The van der Waals surface area contributed by atoms with Crippen LogP contribution in [0.2, 0.25) is 0 Å². The van der Waals surface area contributed by atoms with Crippen molar-refractivity contribution < 1.29 is 4.79 Å². The number of hydrogen-bond donors (Lipinski definition) is 1. The number of likely N-dealkylation sites (N-methyl/N-ethyl adjacent to an activating group) is 1. The van der Waals surface area contributed by atoms with Gasteiger partial charge in [0.15, 0.2) is 5.13 Å². The molecule has 0 unspecified atom stereocenters. The Morgan fingerprint density at radius 1 is 1.17 bits per heavy atom. The second kappa shape index (κ2) is 11.4. The molecule has 1 aliphatic heterocycles. The Kier molecular flexibility index (Phi) is 8.02. The van der Waals surface area contributed by atoms with Gasteiger partial charge in [0.1, 0.15) is 6.07 Å². The van der Waals surface area contributed by atoms with Crippen LogP contribution in [0.1, 0.15) is 35.7 Å². The van der Waals surface area contributed by atoms with E-state index in [2.05, 4.69) is 51.5 Å². The first-order chi connectivity index (χ1) is 16.9. The van der Waals surface area contributed by atoms with Gasteiger partial charge < -0.3 is 9.80 Å². The van der Waals surface area contributed by atoms with E-state index in [0.29, 0.717) is 24.3 Å². The minimum Gasteiger partial charge on any atom is -0.346 e. The van der Waals surface area contributed by atoms with Crippen molar-refractivity contribution in [2.75, 3.05) is 44.7 Å². The third kappa shape index (κ3) is 6.39. The largest absolute Gasteiger partial charge is 0.346 e. The number of rotatable bonds is 8. The lowest BCUT2D eigenvalue weighted by Crippen LogP contribution is -2.44. The predicted octanol–water partition coefficient (Wildman–Crippen LogP) is 3.03. The van der Waals surface area contributed by atoms with Gasteiger partial charge in [-0.05, 0) is 31.2 Å². The zero-order chi connectivity index (χ0) is 24.8. The van der Waals surface area contributed by atoms with Crippen molar-refractivity contribution in [3.63, 3.8) is 0 Å². The molecule has 9 nitrogen and oxygen atoms in total. The molecule has 3 aromatic rings. The van der Waals surface area contributed by atoms with Gasteiger partial charge in [-0.3, -0.25) is 9.80 Å². The van der Waals surface area contributed by atoms with Crippen molar-refractivity contribution >= 4 is 22.4 Å². The Morgan fingerprint density at radius 2 is 1.91 bits per heavy atom. The molecule has 2 aromatic heterocycles. The van der Waals surface area contributed by atoms with Crippen LogP contribution < -0.4 is 10.3 Å². The number of hydrazine groups is 1. The molecule has 0 radical (unpaired) electrons. The average Bonchev–Trinajstić information content (AvgIpc) is 3.37. The average molecular weight is 491 g/mol. The number of nitriles is 1. The second-order valence-corrected chi connectivity index (χ2v) is 9.85. The Bertz CT molecular complexity index is 1180. The molecule has 0 spiro atoms. The minimum atomic E-state index is -0.115. The van der Waals surface area contributed by atoms with Crippen LogP contribution in [0.15, 0.2) is 41.9 Å². The molecule has 0 atom stereocenters. The molecule has 0 aliphatic carbocycles. The number of amides is 1. The molecule has 3 heterocycles. The van der Waals surface area contributed by atoms with Crippen molar-refractivity contribution in [2.24, 2.45) is 5.92 Å². The number of thiazole rings is 1. The number of carbonyl (C=O) groups is 1. The van der Waals surface area contributed by atoms with E-state index in [1.165, 1.54) is 0 Å². The highest BCUT2D eigenvalue weighted by Gasteiger charge is 2.19. The summed E-state index contributed by atoms with van der Waals surface area (Å²) in [5, 5.41) is 13.7. The summed E-state index contributed by atoms with van der Waals surface area (Å²) in [6.07, 6.45) is 1.55. The maximum absolute atomic E-state index is 13.3. The van der Waals surface area contributed by atoms with Gasteiger partial charge in [-0.25, -0.2) is 20.4 Å². The van der Waals surface area contributed by atoms with Crippen LogP contribution in [0.4, 0.5) is 5.13 Å². The maximum Gasteiger partial charge on any atom is 0.267 e. The number of anilines is 1. The molecule has 1 fully saturated rings. The van der Waals surface area contributed by atoms with Crippen LogP contribution in [0.25, 0.3) is 11.3 Å². The predicted molar refractivity (Wildman–Crippen MR) is 137 cm³/mol. The highest BCUT2D eigenvalue weighted by atomic mass is 32.1. The van der Waals surface area contributed by atoms with E-state index in [4.69, 9.17) is 10.2 Å². The molecule has 0 bridgehead atoms. The van der Waals surface area contributed by atoms with Crippen LogP contribution in [0.5, 0.6) is 0 Å². The molecule has 10 heteroatoms. The fourth-order valence-electron chi connectivity index (χ4n) is 3.79. The molecule has 35 heavy (non-hydrogen) atoms. The van der Waals surface area contributed by atoms with Gasteiger partial charge in [0.2, 0.25) is 5.82 Å². The van der Waals surface area contributed by atoms with Crippen LogP contribution in [0.3, 0.4) is 0 Å². The highest BCUT2D eigenvalue weighted by molar-refractivity contribution is 7.14. The van der Waals surface area contributed by atoms with Gasteiger partial charge in [-0.15, -0.1) is 11.3 Å². The molecular weight excluding hydrogens is 460 g/mol. The Labute approximate surface area is 210 Å². The van der Waals surface area contributed by atoms with E-state index in [1.807, 2.05) is 30.3 Å². The smallest absolute Gasteiger partial charge is 0.267 e. The number of nitrogens with zero attached hydrogens (tertiary/aromatic N) is 7. The lowest BCUT2D eigenvalue weighted by Gasteiger charge is -2.32. The Hall–Kier alpha value is -3.39. The van der Waals surface area contributed by atoms with Crippen molar-refractivity contribution in [3.05, 3.63) is 59.0 Å². The summed E-state index contributed by atoms with van der Waals surface area (Å²) in [4.78, 5) is 30.8. The fourth-order valence-corrected chi connectivity index (χ4v) is 4.68. The lowest BCUT2D eigenvalue weighted by atomic mass is 10.1. The molecule has 1 N–H and O–H groups in total. The molecule has 4 rings (SSSR count). The standard InChI is InChI=1S/C25H30N8OS/c1-18(2)16-33(28-15-21-8-9-27-23(14-26)29-21)24(34)20-6-4-19(5-7-20)22-17-35-25(30-22)32-12-10-31(3)11-13-32/h4-9,17-18,28H,10-13,15-16H2,1-3H3. The van der Waals surface area contributed by atoms with E-state index in [9.17, 15) is 4.79 Å². The topological polar surface area (TPSA) is 101 Å². The van der Waals surface area contributed by atoms with E-state index in [-0.39, 0.29) is 17.6 Å². The zero-order valence-electron chi connectivity index (χ0n) is 20.3. The quantitative estimate of drug-likeness (QED) is 0.481. The number of aromatic nitrogens is 3. The molecule has 1 saturated heterocycles. The van der Waals surface area contributed by atoms with Crippen molar-refractivity contribution in [3.8, 4) is 17.3 Å². The summed E-state index contributed by atoms with van der Waals surface area (Å²) < 4.78 is 0. The number of piperazine rings is 1. The van der Waals surface area contributed by atoms with Gasteiger partial charge in [-0.1, -0.05) is 26.0 Å². The monoisotopic (exact) mass is 490 g/mol. The Balaban J connectivity index is 1.43. The molecular formula is C25H30N8OS. The number of nitrogens with one attached hydrogen (secondary N) is 1. The lowest BCUT2D eigenvalue weighted by molar-refractivity contribution is 0.0622. The minimum absolute atomic E-state index is 0.111. The molecule has 0 saturated carbocycles. The summed E-state index contributed by atoms with van der Waals surface area (Å²) in [5.74, 6) is 0.268. The van der Waals surface area contributed by atoms with E-state index in [1.54, 1.807) is 28.6 Å². The van der Waals surface area contributed by atoms with Crippen molar-refractivity contribution in [1.82, 2.24) is 30.3 Å². The van der Waals surface area contributed by atoms with Gasteiger partial charge in [0.05, 0.1) is 17.9 Å². The summed E-state index contributed by atoms with van der Waals surface area (Å²) in [5.41, 5.74) is 6.33. The van der Waals surface area contributed by atoms with Crippen LogP contribution in [-0.4, -0.2) is 70.5 Å². The zero-order valence-corrected chi connectivity index (χ0v) is 21.1. The number of hydrogen-bond acceptors (Lipinski definition) is 9. The maximum atomic E-state index is 13.3. The summed E-state index contributed by atoms with van der Waals surface area (Å²) in [6.45, 7) is 9.05. The van der Waals surface area contributed by atoms with Crippen molar-refractivity contribution in [2.45, 2.75) is 20.4 Å². The van der Waals surface area contributed by atoms with Gasteiger partial charge in [0, 0.05) is 55.4 Å². The summed E-state index contributed by atoms with van der Waals surface area (Å²) >= 11 is 1.66. The molecule has 1 aromatic carbocycles. The van der Waals surface area contributed by atoms with Gasteiger partial charge in [0.25, 0.3) is 5.91 Å². The van der Waals surface area contributed by atoms with E-state index >= 15 is 0 Å².